The van der Waals surface area contributed by atoms with E-state index in [0.29, 0.717) is 12.1 Å². The molecular formula is C19H17FN4OS. The van der Waals surface area contributed by atoms with E-state index in [1.807, 2.05) is 12.3 Å². The minimum atomic E-state index is -0.552. The van der Waals surface area contributed by atoms with Crippen molar-refractivity contribution in [3.05, 3.63) is 65.1 Å². The fourth-order valence-electron chi connectivity index (χ4n) is 3.39. The van der Waals surface area contributed by atoms with Gasteiger partial charge in [-0.25, -0.2) is 9.07 Å². The normalized spacial score (nSPS) is 12.4. The van der Waals surface area contributed by atoms with E-state index in [-0.39, 0.29) is 11.5 Å². The van der Waals surface area contributed by atoms with Gasteiger partial charge in [-0.15, -0.1) is 0 Å². The second kappa shape index (κ2) is 6.49. The van der Waals surface area contributed by atoms with Crippen molar-refractivity contribution in [2.24, 2.45) is 5.73 Å². The smallest absolute Gasteiger partial charge is 0.269 e. The summed E-state index contributed by atoms with van der Waals surface area (Å²) in [6.45, 7) is 0. The third kappa shape index (κ3) is 2.74. The van der Waals surface area contributed by atoms with Crippen LogP contribution in [-0.4, -0.2) is 21.9 Å². The largest absolute Gasteiger partial charge is 0.364 e. The first-order chi connectivity index (χ1) is 12.6. The van der Waals surface area contributed by atoms with Crippen molar-refractivity contribution in [3.8, 4) is 16.9 Å². The van der Waals surface area contributed by atoms with Gasteiger partial charge in [0, 0.05) is 23.1 Å². The number of carbonyl (C=O) groups is 1. The zero-order valence-corrected chi connectivity index (χ0v) is 14.9. The van der Waals surface area contributed by atoms with Crippen LogP contribution in [0.5, 0.6) is 0 Å². The fourth-order valence-corrected chi connectivity index (χ4v) is 3.75. The molecule has 1 aromatic heterocycles. The summed E-state index contributed by atoms with van der Waals surface area (Å²) in [5, 5.41) is 4.46. The summed E-state index contributed by atoms with van der Waals surface area (Å²) in [5.74, 6) is -0.874. The molecule has 26 heavy (non-hydrogen) atoms. The Balaban J connectivity index is 1.97. The number of nitrogens with zero attached hydrogens (tertiary/aromatic N) is 2. The van der Waals surface area contributed by atoms with E-state index in [1.54, 1.807) is 16.8 Å². The molecule has 2 aromatic carbocycles. The average molecular weight is 368 g/mol. The Morgan fingerprint density at radius 3 is 2.69 bits per heavy atom. The van der Waals surface area contributed by atoms with Crippen LogP contribution in [0.3, 0.4) is 0 Å². The number of aromatic nitrogens is 2. The van der Waals surface area contributed by atoms with Crippen LogP contribution in [0.25, 0.3) is 16.9 Å². The van der Waals surface area contributed by atoms with E-state index in [0.717, 1.165) is 28.9 Å². The quantitative estimate of drug-likeness (QED) is 0.691. The summed E-state index contributed by atoms with van der Waals surface area (Å²) in [6, 6.07) is 12.2. The number of primary amides is 1. The lowest BCUT2D eigenvalue weighted by molar-refractivity contribution is 0.0994. The minimum absolute atomic E-state index is 0.276. The Labute approximate surface area is 154 Å². The third-order valence-electron chi connectivity index (χ3n) is 4.52. The highest BCUT2D eigenvalue weighted by Crippen LogP contribution is 2.38. The molecule has 0 atom stereocenters. The number of benzene rings is 2. The molecule has 7 heteroatoms. The predicted octanol–water partition coefficient (Wildman–Crippen LogP) is 3.57. The van der Waals surface area contributed by atoms with Gasteiger partial charge in [-0.05, 0) is 54.8 Å². The van der Waals surface area contributed by atoms with Gasteiger partial charge in [-0.1, -0.05) is 18.0 Å². The van der Waals surface area contributed by atoms with Crippen molar-refractivity contribution in [2.45, 2.75) is 12.8 Å². The van der Waals surface area contributed by atoms with E-state index >= 15 is 0 Å². The number of halogens is 1. The van der Waals surface area contributed by atoms with Gasteiger partial charge in [-0.2, -0.15) is 5.10 Å². The molecule has 1 aliphatic carbocycles. The average Bonchev–Trinajstić information content (AvgIpc) is 3.03. The molecule has 3 aromatic rings. The number of carbonyl (C=O) groups excluding carboxylic acids is 1. The number of aryl methyl sites for hydroxylation is 1. The van der Waals surface area contributed by atoms with Crippen LogP contribution in [0, 0.1) is 5.82 Å². The Morgan fingerprint density at radius 1 is 1.23 bits per heavy atom. The molecule has 1 amide bonds. The summed E-state index contributed by atoms with van der Waals surface area (Å²) < 4.78 is 18.3. The van der Waals surface area contributed by atoms with Gasteiger partial charge in [0.25, 0.3) is 5.91 Å². The van der Waals surface area contributed by atoms with Gasteiger partial charge in [0.05, 0.1) is 11.4 Å². The van der Waals surface area contributed by atoms with Crippen molar-refractivity contribution in [1.29, 1.82) is 0 Å². The first-order valence-electron chi connectivity index (χ1n) is 8.18. The number of anilines is 1. The van der Waals surface area contributed by atoms with E-state index < -0.39 is 5.91 Å². The molecule has 1 heterocycles. The van der Waals surface area contributed by atoms with Crippen LogP contribution in [0.1, 0.15) is 21.6 Å². The van der Waals surface area contributed by atoms with Crippen LogP contribution in [0.15, 0.2) is 42.5 Å². The lowest BCUT2D eigenvalue weighted by Gasteiger charge is -2.20. The Bertz CT molecular complexity index is 998. The first kappa shape index (κ1) is 16.7. The maximum absolute atomic E-state index is 13.3. The van der Waals surface area contributed by atoms with E-state index in [2.05, 4.69) is 22.0 Å². The molecular weight excluding hydrogens is 351 g/mol. The molecule has 0 bridgehead atoms. The van der Waals surface area contributed by atoms with Crippen molar-refractivity contribution >= 4 is 23.5 Å². The number of nitrogens with two attached hydrogens (primary N) is 1. The summed E-state index contributed by atoms with van der Waals surface area (Å²) in [4.78, 5) is 11.9. The number of amides is 1. The van der Waals surface area contributed by atoms with Crippen molar-refractivity contribution < 1.29 is 9.18 Å². The van der Waals surface area contributed by atoms with Crippen LogP contribution in [0.4, 0.5) is 10.1 Å². The topological polar surface area (TPSA) is 72.9 Å². The van der Waals surface area contributed by atoms with Gasteiger partial charge < -0.3 is 10.5 Å². The SMILES string of the molecule is CSNc1ccc2c(c1)-c1c(c(C(N)=O)nn1-c1ccc(F)cc1)CC2. The summed E-state index contributed by atoms with van der Waals surface area (Å²) >= 11 is 1.51. The number of fused-ring (bicyclic) bond motifs is 3. The van der Waals surface area contributed by atoms with Crippen LogP contribution < -0.4 is 10.5 Å². The molecule has 132 valence electrons. The summed E-state index contributed by atoms with van der Waals surface area (Å²) in [5.41, 5.74) is 11.4. The zero-order chi connectivity index (χ0) is 18.3. The third-order valence-corrected chi connectivity index (χ3v) is 4.96. The Hall–Kier alpha value is -2.80. The second-order valence-corrected chi connectivity index (χ2v) is 6.72. The highest BCUT2D eigenvalue weighted by molar-refractivity contribution is 7.99. The van der Waals surface area contributed by atoms with Crippen LogP contribution in [0.2, 0.25) is 0 Å². The molecule has 1 aliphatic rings. The first-order valence-corrected chi connectivity index (χ1v) is 9.41. The molecule has 0 saturated carbocycles. The standard InChI is InChI=1S/C19H17FN4OS/c1-26-23-13-6-2-11-3-9-15-17(19(21)25)22-24(18(15)16(11)10-13)14-7-4-12(20)5-8-14/h2,4-8,10,23H,3,9H2,1H3,(H2,21,25). The Morgan fingerprint density at radius 2 is 2.00 bits per heavy atom. The van der Waals surface area contributed by atoms with E-state index in [9.17, 15) is 9.18 Å². The highest BCUT2D eigenvalue weighted by Gasteiger charge is 2.28. The zero-order valence-electron chi connectivity index (χ0n) is 14.1. The molecule has 0 aliphatic heterocycles. The predicted molar refractivity (Wildman–Crippen MR) is 102 cm³/mol. The maximum atomic E-state index is 13.3. The molecule has 0 radical (unpaired) electrons. The van der Waals surface area contributed by atoms with Crippen molar-refractivity contribution in [2.75, 3.05) is 11.0 Å². The van der Waals surface area contributed by atoms with Gasteiger partial charge in [-0.3, -0.25) is 4.79 Å². The molecule has 0 unspecified atom stereocenters. The molecule has 0 spiro atoms. The van der Waals surface area contributed by atoms with Gasteiger partial charge >= 0.3 is 0 Å². The van der Waals surface area contributed by atoms with Crippen LogP contribution >= 0.6 is 11.9 Å². The maximum Gasteiger partial charge on any atom is 0.269 e. The lowest BCUT2D eigenvalue weighted by Crippen LogP contribution is -2.15. The molecule has 5 nitrogen and oxygen atoms in total. The highest BCUT2D eigenvalue weighted by atomic mass is 32.2. The van der Waals surface area contributed by atoms with Crippen LogP contribution in [-0.2, 0) is 12.8 Å². The molecule has 0 saturated heterocycles. The monoisotopic (exact) mass is 368 g/mol. The summed E-state index contributed by atoms with van der Waals surface area (Å²) in [6.07, 6.45) is 3.47. The van der Waals surface area contributed by atoms with Crippen molar-refractivity contribution in [3.63, 3.8) is 0 Å². The molecule has 0 fully saturated rings. The van der Waals surface area contributed by atoms with E-state index in [4.69, 9.17) is 5.73 Å². The molecule has 3 N–H and O–H groups in total. The molecule has 4 rings (SSSR count). The van der Waals surface area contributed by atoms with Gasteiger partial charge in [0.1, 0.15) is 5.82 Å². The van der Waals surface area contributed by atoms with Gasteiger partial charge in [0.15, 0.2) is 5.69 Å². The number of rotatable bonds is 4. The number of nitrogens with one attached hydrogen (secondary N) is 1. The number of hydrogen-bond acceptors (Lipinski definition) is 4. The van der Waals surface area contributed by atoms with Gasteiger partial charge in [0.2, 0.25) is 0 Å². The summed E-state index contributed by atoms with van der Waals surface area (Å²) in [7, 11) is 0. The minimum Gasteiger partial charge on any atom is -0.364 e. The van der Waals surface area contributed by atoms with E-state index in [1.165, 1.54) is 29.6 Å². The number of hydrogen-bond donors (Lipinski definition) is 2. The Kier molecular flexibility index (Phi) is 4.16. The lowest BCUT2D eigenvalue weighted by atomic mass is 9.88. The second-order valence-electron chi connectivity index (χ2n) is 6.11. The fraction of sp³-hybridized carbons (Fsp3) is 0.158. The van der Waals surface area contributed by atoms with Crippen molar-refractivity contribution in [1.82, 2.24) is 9.78 Å².